The number of carbonyl (C=O) groups excluding carboxylic acids is 5. The summed E-state index contributed by atoms with van der Waals surface area (Å²) in [5.74, 6) is 0. The third-order valence-electron chi connectivity index (χ3n) is 0. The predicted molar refractivity (Wildman–Crippen MR) is 55.7 cm³/mol. The van der Waals surface area contributed by atoms with Gasteiger partial charge in [0.2, 0.25) is 0 Å². The van der Waals surface area contributed by atoms with E-state index in [-0.39, 0.29) is 159 Å². The first-order valence-electron chi connectivity index (χ1n) is 3.06. The Hall–Kier alpha value is 1.66. The molecule has 0 radical (unpaired) electrons. The zero-order chi connectivity index (χ0) is 17.9. The van der Waals surface area contributed by atoms with Crippen LogP contribution in [0.15, 0.2) is 0 Å². The zero-order valence-electron chi connectivity index (χ0n) is 12.2. The third kappa shape index (κ3) is 5200. The van der Waals surface area contributed by atoms with E-state index in [0.717, 1.165) is 0 Å². The van der Waals surface area contributed by atoms with Crippen LogP contribution in [-0.2, 0) is 0 Å². The summed E-state index contributed by atoms with van der Waals surface area (Å²) in [6, 6.07) is 0. The molecule has 0 saturated heterocycles. The Morgan fingerprint density at radius 3 is 0.320 bits per heavy atom. The number of rotatable bonds is 0. The Labute approximate surface area is 260 Å². The molecule has 0 aliphatic carbocycles. The normalized spacial score (nSPS) is 4.80. The van der Waals surface area contributed by atoms with Crippen molar-refractivity contribution in [3.63, 3.8) is 0 Å². The van der Waals surface area contributed by atoms with E-state index >= 15 is 0 Å². The molecule has 0 bridgehead atoms. The average molecular weight is 469 g/mol. The monoisotopic (exact) mass is 468 g/mol. The summed E-state index contributed by atoms with van der Waals surface area (Å²) in [7, 11) is 0. The zero-order valence-corrected chi connectivity index (χ0v) is 21.6. The minimum atomic E-state index is -2.33. The molecule has 0 amide bonds. The quantitative estimate of drug-likeness (QED) is 0.297. The Balaban J connectivity index is -0.0000000134. The van der Waals surface area contributed by atoms with E-state index in [9.17, 15) is 0 Å². The van der Waals surface area contributed by atoms with Crippen LogP contribution in [0.5, 0.6) is 0 Å². The average Bonchev–Trinajstić information content (AvgIpc) is 1.94. The van der Waals surface area contributed by atoms with Gasteiger partial charge in [0.05, 0.1) is 0 Å². The van der Waals surface area contributed by atoms with Gasteiger partial charge in [-0.25, -0.2) is 0 Å². The minimum Gasteiger partial charge on any atom is -0.652 e. The maximum absolute atomic E-state index is 8.33. The second-order valence-electron chi connectivity index (χ2n) is 1.25. The fraction of sp³-hybridized carbons (Fsp3) is 0. The van der Waals surface area contributed by atoms with E-state index in [1.165, 1.54) is 0 Å². The van der Waals surface area contributed by atoms with Crippen molar-refractivity contribution in [1.29, 1.82) is 0 Å². The van der Waals surface area contributed by atoms with Crippen LogP contribution >= 0.6 is 0 Å². The molecule has 0 heterocycles. The van der Waals surface area contributed by atoms with Gasteiger partial charge in [-0.2, -0.15) is 0 Å². The van der Waals surface area contributed by atoms with Gasteiger partial charge in [-0.3, -0.25) is 0 Å². The van der Waals surface area contributed by atoms with Gasteiger partial charge in [-0.1, -0.05) is 0 Å². The van der Waals surface area contributed by atoms with Gasteiger partial charge in [0, 0.05) is 0 Å². The second kappa shape index (κ2) is 56.2. The third-order valence-corrected chi connectivity index (χ3v) is 0. The molecule has 20 heteroatoms. The number of hydrogen-bond acceptors (Lipinski definition) is 15. The van der Waals surface area contributed by atoms with Gasteiger partial charge >= 0.3 is 159 Å². The van der Waals surface area contributed by atoms with Crippen LogP contribution < -0.4 is 51.1 Å². The van der Waals surface area contributed by atoms with Crippen molar-refractivity contribution in [2.45, 2.75) is 0 Å². The molecule has 0 aromatic rings. The van der Waals surface area contributed by atoms with Crippen LogP contribution in [0.2, 0.25) is 0 Å². The van der Waals surface area contributed by atoms with E-state index in [2.05, 4.69) is 0 Å². The first-order valence-corrected chi connectivity index (χ1v) is 3.06. The van der Waals surface area contributed by atoms with Crippen molar-refractivity contribution >= 4 is 190 Å². The summed E-state index contributed by atoms with van der Waals surface area (Å²) < 4.78 is 0. The molecule has 0 aromatic heterocycles. The molecule has 25 heavy (non-hydrogen) atoms. The molecule has 0 atom stereocenters. The van der Waals surface area contributed by atoms with Crippen LogP contribution in [0, 0.1) is 0 Å². The van der Waals surface area contributed by atoms with Crippen LogP contribution in [-0.4, -0.2) is 190 Å². The van der Waals surface area contributed by atoms with Crippen molar-refractivity contribution < 1.29 is 75.0 Å². The minimum absolute atomic E-state index is 0. The van der Waals surface area contributed by atoms with Crippen LogP contribution in [0.3, 0.4) is 0 Å². The maximum Gasteiger partial charge on any atom is 2.00 e. The number of carbonyl (C=O) groups is 5. The molecule has 0 aromatic carbocycles. The molecular weight excluding hydrogens is 469 g/mol. The Morgan fingerprint density at radius 1 is 0.320 bits per heavy atom. The Kier molecular flexibility index (Phi) is 142. The fourth-order valence-electron chi connectivity index (χ4n) is 0. The van der Waals surface area contributed by atoms with Crippen LogP contribution in [0.1, 0.15) is 0 Å². The van der Waals surface area contributed by atoms with Crippen LogP contribution in [0.4, 0.5) is 24.0 Å². The Morgan fingerprint density at radius 2 is 0.320 bits per heavy atom. The molecular formula is C5Ca3Mg2O15. The van der Waals surface area contributed by atoms with Gasteiger partial charge in [-0.15, -0.1) is 0 Å². The molecule has 0 saturated carbocycles. The molecule has 0 N–H and O–H groups in total. The van der Waals surface area contributed by atoms with E-state index in [1.54, 1.807) is 0 Å². The van der Waals surface area contributed by atoms with E-state index in [1.807, 2.05) is 0 Å². The Bertz CT molecular complexity index is 224. The van der Waals surface area contributed by atoms with Gasteiger partial charge in [0.15, 0.2) is 0 Å². The molecule has 0 fully saturated rings. The molecule has 15 nitrogen and oxygen atoms in total. The fourth-order valence-corrected chi connectivity index (χ4v) is 0. The smallest absolute Gasteiger partial charge is 0.652 e. The molecule has 0 aliphatic heterocycles. The molecule has 120 valence electrons. The number of hydrogen-bond donors (Lipinski definition) is 0. The molecule has 0 spiro atoms. The predicted octanol–water partition coefficient (Wildman–Crippen LogP) is -14.1. The SMILES string of the molecule is O=C([O-])[O-].O=C([O-])[O-].O=C([O-])[O-].O=C([O-])[O-].O=C([O-])[O-].[Ca+2].[Ca+2].[Ca+2].[Mg+2].[Mg+2]. The van der Waals surface area contributed by atoms with Crippen molar-refractivity contribution in [3.05, 3.63) is 0 Å². The largest absolute Gasteiger partial charge is 2.00 e. The first-order chi connectivity index (χ1) is 8.66. The number of carboxylic acid groups (broad SMARTS) is 10. The van der Waals surface area contributed by atoms with Crippen molar-refractivity contribution in [3.8, 4) is 0 Å². The summed E-state index contributed by atoms with van der Waals surface area (Å²) in [6.07, 6.45) is -11.7. The molecule has 0 aliphatic rings. The van der Waals surface area contributed by atoms with Gasteiger partial charge < -0.3 is 75.0 Å². The van der Waals surface area contributed by atoms with Crippen LogP contribution in [0.25, 0.3) is 0 Å². The summed E-state index contributed by atoms with van der Waals surface area (Å²) in [5.41, 5.74) is 0. The summed E-state index contributed by atoms with van der Waals surface area (Å²) in [4.78, 5) is 41.7. The summed E-state index contributed by atoms with van der Waals surface area (Å²) in [5, 5.41) is 83.3. The van der Waals surface area contributed by atoms with Gasteiger partial charge in [0.25, 0.3) is 0 Å². The molecule has 0 rings (SSSR count). The van der Waals surface area contributed by atoms with Gasteiger partial charge in [-0.05, 0) is 30.8 Å². The van der Waals surface area contributed by atoms with E-state index < -0.39 is 30.8 Å². The van der Waals surface area contributed by atoms with E-state index in [4.69, 9.17) is 75.0 Å². The topological polar surface area (TPSA) is 316 Å². The second-order valence-corrected chi connectivity index (χ2v) is 1.25. The maximum atomic E-state index is 8.33. The van der Waals surface area contributed by atoms with Crippen molar-refractivity contribution in [2.24, 2.45) is 0 Å². The molecule has 0 unspecified atom stereocenters. The summed E-state index contributed by atoms with van der Waals surface area (Å²) >= 11 is 0. The van der Waals surface area contributed by atoms with Gasteiger partial charge in [0.1, 0.15) is 0 Å². The van der Waals surface area contributed by atoms with E-state index in [0.29, 0.717) is 0 Å². The van der Waals surface area contributed by atoms with Crippen molar-refractivity contribution in [1.82, 2.24) is 0 Å². The standard InChI is InChI=1S/5CH2O3.3Ca.2Mg/c5*2-1(3)4;;;;;/h5*(H2,2,3,4);;;;;/q;;;;;5*+2/p-10. The summed E-state index contributed by atoms with van der Waals surface area (Å²) in [6.45, 7) is 0. The first kappa shape index (κ1) is 63.2. The van der Waals surface area contributed by atoms with Crippen molar-refractivity contribution in [2.75, 3.05) is 0 Å².